The fourth-order valence-electron chi connectivity index (χ4n) is 0.406. The van der Waals surface area contributed by atoms with Crippen LogP contribution in [0, 0.1) is 0 Å². The molecule has 0 aliphatic carbocycles. The molecule has 0 amide bonds. The zero-order chi connectivity index (χ0) is 6.78. The van der Waals surface area contributed by atoms with Crippen molar-refractivity contribution in [2.45, 2.75) is 0 Å². The first-order valence-electron chi connectivity index (χ1n) is 2.44. The van der Waals surface area contributed by atoms with E-state index in [1.54, 1.807) is 0 Å². The first-order valence-corrected chi connectivity index (χ1v) is 5.75. The molecule has 0 spiro atoms. The second-order valence-corrected chi connectivity index (χ2v) is 7.74. The number of carbonyl (C=O) groups is 1. The van der Waals surface area contributed by atoms with Gasteiger partial charge in [0.1, 0.15) is 0 Å². The van der Waals surface area contributed by atoms with Crippen LogP contribution < -0.4 is 12.4 Å². The summed E-state index contributed by atoms with van der Waals surface area (Å²) in [6.07, 6.45) is 0.354. The van der Waals surface area contributed by atoms with Gasteiger partial charge in [0.25, 0.3) is 0 Å². The van der Waals surface area contributed by atoms with Gasteiger partial charge in [0.2, 0.25) is 0 Å². The van der Waals surface area contributed by atoms with E-state index in [1.165, 1.54) is 0 Å². The van der Waals surface area contributed by atoms with Crippen molar-refractivity contribution in [3.63, 3.8) is 0 Å². The number of carboxylic acids is 1. The Morgan fingerprint density at radius 1 is 1.44 bits per heavy atom. The smallest absolute Gasteiger partial charge is 0.341 e. The normalized spacial score (nSPS) is 10.1. The molecule has 0 saturated carbocycles. The predicted octanol–water partition coefficient (Wildman–Crippen LogP) is -2.02. The van der Waals surface area contributed by atoms with E-state index < -0.39 is 13.2 Å². The van der Waals surface area contributed by atoms with E-state index in [0.29, 0.717) is 6.16 Å². The molecule has 56 valence electrons. The molecule has 1 N–H and O–H groups in total. The molecular formula is C5H12ClO2P. The Morgan fingerprint density at radius 2 is 1.78 bits per heavy atom. The Kier molecular flexibility index (Phi) is 5.40. The van der Waals surface area contributed by atoms with Gasteiger partial charge < -0.3 is 17.5 Å². The zero-order valence-electron chi connectivity index (χ0n) is 5.89. The zero-order valence-corrected chi connectivity index (χ0v) is 7.54. The number of rotatable bonds is 2. The van der Waals surface area contributed by atoms with Crippen LogP contribution in [0.3, 0.4) is 0 Å². The topological polar surface area (TPSA) is 37.3 Å². The van der Waals surface area contributed by atoms with Crippen molar-refractivity contribution in [1.29, 1.82) is 0 Å². The van der Waals surface area contributed by atoms with Crippen LogP contribution in [0.25, 0.3) is 0 Å². The maximum atomic E-state index is 10.0. The molecule has 9 heavy (non-hydrogen) atoms. The van der Waals surface area contributed by atoms with Gasteiger partial charge in [-0.15, -0.1) is 0 Å². The van der Waals surface area contributed by atoms with Gasteiger partial charge >= 0.3 is 5.97 Å². The molecule has 0 bridgehead atoms. The van der Waals surface area contributed by atoms with Crippen LogP contribution >= 0.6 is 7.26 Å². The molecule has 0 atom stereocenters. The highest BCUT2D eigenvalue weighted by molar-refractivity contribution is 7.74. The van der Waals surface area contributed by atoms with Crippen LogP contribution in [0.4, 0.5) is 0 Å². The fourth-order valence-corrected chi connectivity index (χ4v) is 1.22. The summed E-state index contributed by atoms with van der Waals surface area (Å²) in [6, 6.07) is 0. The number of carboxylic acid groups (broad SMARTS) is 1. The molecule has 0 rings (SSSR count). The lowest BCUT2D eigenvalue weighted by Crippen LogP contribution is -3.00. The third kappa shape index (κ3) is 11.7. The van der Waals surface area contributed by atoms with Gasteiger partial charge in [0.05, 0.1) is 0 Å². The van der Waals surface area contributed by atoms with Crippen molar-refractivity contribution in [2.75, 3.05) is 26.2 Å². The van der Waals surface area contributed by atoms with Crippen molar-refractivity contribution < 1.29 is 22.3 Å². The van der Waals surface area contributed by atoms with Gasteiger partial charge in [0, 0.05) is 27.3 Å². The standard InChI is InChI=1S/C5H11O2P.ClH/c1-8(2,3)4-5(6)7;/h4H2,1-3H3;1H. The minimum atomic E-state index is -1.07. The molecule has 0 unspecified atom stereocenters. The lowest BCUT2D eigenvalue weighted by atomic mass is 10.8. The van der Waals surface area contributed by atoms with E-state index in [4.69, 9.17) is 5.11 Å². The lowest BCUT2D eigenvalue weighted by Gasteiger charge is -2.06. The van der Waals surface area contributed by atoms with E-state index >= 15 is 0 Å². The third-order valence-electron chi connectivity index (χ3n) is 0.610. The first-order chi connectivity index (χ1) is 3.42. The molecule has 0 aromatic rings. The monoisotopic (exact) mass is 170 g/mol. The van der Waals surface area contributed by atoms with Crippen molar-refractivity contribution >= 4 is 13.2 Å². The second-order valence-electron chi connectivity index (χ2n) is 2.84. The van der Waals surface area contributed by atoms with E-state index in [0.717, 1.165) is 0 Å². The Bertz CT molecular complexity index is 97.6. The van der Waals surface area contributed by atoms with Gasteiger partial charge in [-0.2, -0.15) is 0 Å². The Labute approximate surface area is 62.4 Å². The summed E-state index contributed by atoms with van der Waals surface area (Å²) in [7, 11) is -1.07. The summed E-state index contributed by atoms with van der Waals surface area (Å²) >= 11 is 0. The quantitative estimate of drug-likeness (QED) is 0.486. The first kappa shape index (κ1) is 11.9. The van der Waals surface area contributed by atoms with Crippen molar-refractivity contribution in [1.82, 2.24) is 0 Å². The summed E-state index contributed by atoms with van der Waals surface area (Å²) in [5.41, 5.74) is 0. The molecule has 0 saturated heterocycles. The predicted molar refractivity (Wildman–Crippen MR) is 37.2 cm³/mol. The highest BCUT2D eigenvalue weighted by Crippen LogP contribution is 2.45. The lowest BCUT2D eigenvalue weighted by molar-refractivity contribution is -0.134. The van der Waals surface area contributed by atoms with Gasteiger partial charge in [-0.05, 0) is 0 Å². The summed E-state index contributed by atoms with van der Waals surface area (Å²) in [6.45, 7) is 6.04. The van der Waals surface area contributed by atoms with Crippen LogP contribution in [-0.2, 0) is 4.79 Å². The van der Waals surface area contributed by atoms with Gasteiger partial charge in [-0.3, -0.25) is 0 Å². The molecule has 0 aromatic heterocycles. The number of halogens is 1. The maximum Gasteiger partial charge on any atom is 0.341 e. The number of hydrogen-bond donors (Lipinski definition) is 1. The Balaban J connectivity index is 0. The van der Waals surface area contributed by atoms with Crippen LogP contribution in [0.2, 0.25) is 0 Å². The number of hydrogen-bond acceptors (Lipinski definition) is 1. The molecule has 4 heteroatoms. The summed E-state index contributed by atoms with van der Waals surface area (Å²) in [5, 5.41) is 8.28. The van der Waals surface area contributed by atoms with Crippen LogP contribution in [0.15, 0.2) is 0 Å². The van der Waals surface area contributed by atoms with Crippen LogP contribution in [-0.4, -0.2) is 37.2 Å². The van der Waals surface area contributed by atoms with Gasteiger partial charge in [-0.1, -0.05) is 0 Å². The summed E-state index contributed by atoms with van der Waals surface area (Å²) in [4.78, 5) is 10.0. The molecule has 2 nitrogen and oxygen atoms in total. The van der Waals surface area contributed by atoms with E-state index in [2.05, 4.69) is 0 Å². The molecule has 0 aliphatic rings. The van der Waals surface area contributed by atoms with Crippen LogP contribution in [0.1, 0.15) is 0 Å². The average Bonchev–Trinajstić information content (AvgIpc) is 1.21. The minimum Gasteiger partial charge on any atom is -1.00 e. The maximum absolute atomic E-state index is 10.0. The second kappa shape index (κ2) is 4.08. The summed E-state index contributed by atoms with van der Waals surface area (Å²) < 4.78 is 0. The molecule has 0 aromatic carbocycles. The van der Waals surface area contributed by atoms with Gasteiger partial charge in [0.15, 0.2) is 6.16 Å². The van der Waals surface area contributed by atoms with Crippen molar-refractivity contribution in [2.24, 2.45) is 0 Å². The van der Waals surface area contributed by atoms with E-state index in [1.807, 2.05) is 20.0 Å². The highest BCUT2D eigenvalue weighted by Gasteiger charge is 2.20. The Hall–Kier alpha value is 0.190. The fraction of sp³-hybridized carbons (Fsp3) is 0.800. The third-order valence-corrected chi connectivity index (χ3v) is 1.83. The summed E-state index contributed by atoms with van der Waals surface area (Å²) in [5.74, 6) is -0.675. The molecule has 0 aliphatic heterocycles. The van der Waals surface area contributed by atoms with E-state index in [-0.39, 0.29) is 12.4 Å². The van der Waals surface area contributed by atoms with E-state index in [9.17, 15) is 4.79 Å². The van der Waals surface area contributed by atoms with Crippen molar-refractivity contribution in [3.8, 4) is 0 Å². The SMILES string of the molecule is C[P+](C)(C)CC(=O)O.[Cl-]. The minimum absolute atomic E-state index is 0. The van der Waals surface area contributed by atoms with Crippen LogP contribution in [0.5, 0.6) is 0 Å². The molecule has 0 radical (unpaired) electrons. The molecule has 0 fully saturated rings. The number of aliphatic carboxylic acids is 1. The Morgan fingerprint density at radius 3 is 1.78 bits per heavy atom. The average molecular weight is 171 g/mol. The molecular weight excluding hydrogens is 158 g/mol. The highest BCUT2D eigenvalue weighted by atomic mass is 35.5. The largest absolute Gasteiger partial charge is 1.00 e. The van der Waals surface area contributed by atoms with Crippen molar-refractivity contribution in [3.05, 3.63) is 0 Å². The molecule has 0 heterocycles. The van der Waals surface area contributed by atoms with Gasteiger partial charge in [-0.25, -0.2) is 4.79 Å².